The molecule has 1 fully saturated rings. The zero-order valence-electron chi connectivity index (χ0n) is 19.9. The van der Waals surface area contributed by atoms with Crippen molar-refractivity contribution in [1.82, 2.24) is 10.4 Å². The van der Waals surface area contributed by atoms with Gasteiger partial charge in [0, 0.05) is 30.1 Å². The number of ether oxygens (including phenoxy) is 1. The van der Waals surface area contributed by atoms with Gasteiger partial charge in [0.25, 0.3) is 5.91 Å². The Hall–Kier alpha value is -4.29. The molecule has 36 heavy (non-hydrogen) atoms. The third-order valence-electron chi connectivity index (χ3n) is 6.26. The summed E-state index contributed by atoms with van der Waals surface area (Å²) in [5.41, 5.74) is 5.45. The Morgan fingerprint density at radius 2 is 1.64 bits per heavy atom. The summed E-state index contributed by atoms with van der Waals surface area (Å²) in [5, 5.41) is 23.6. The molecule has 1 saturated heterocycles. The van der Waals surface area contributed by atoms with Gasteiger partial charge in [0.05, 0.1) is 0 Å². The molecular weight excluding hydrogens is 452 g/mol. The van der Waals surface area contributed by atoms with Gasteiger partial charge < -0.3 is 14.9 Å². The molecule has 6 heteroatoms. The number of rotatable bonds is 6. The summed E-state index contributed by atoms with van der Waals surface area (Å²) >= 11 is 0. The minimum absolute atomic E-state index is 0.132. The first-order chi connectivity index (χ1) is 17.5. The number of nitrogens with one attached hydrogen (secondary N) is 1. The van der Waals surface area contributed by atoms with Crippen LogP contribution in [0.1, 0.15) is 24.8 Å². The van der Waals surface area contributed by atoms with E-state index >= 15 is 0 Å². The van der Waals surface area contributed by atoms with Crippen molar-refractivity contribution in [1.29, 1.82) is 0 Å². The van der Waals surface area contributed by atoms with Gasteiger partial charge in [-0.15, -0.1) is 0 Å². The fourth-order valence-electron chi connectivity index (χ4n) is 4.43. The Balaban J connectivity index is 1.38. The molecule has 0 aliphatic carbocycles. The minimum atomic E-state index is -0.132. The van der Waals surface area contributed by atoms with E-state index in [0.717, 1.165) is 53.4 Å². The highest BCUT2D eigenvalue weighted by atomic mass is 16.5. The summed E-state index contributed by atoms with van der Waals surface area (Å²) in [6, 6.07) is 23.5. The Bertz CT molecular complexity index is 1410. The maximum atomic E-state index is 12.2. The van der Waals surface area contributed by atoms with Gasteiger partial charge in [-0.25, -0.2) is 5.01 Å². The van der Waals surface area contributed by atoms with Crippen LogP contribution in [0.4, 0.5) is 0 Å². The first-order valence-electron chi connectivity index (χ1n) is 12.1. The number of piperidine rings is 1. The highest BCUT2D eigenvalue weighted by molar-refractivity contribution is 5.96. The minimum Gasteiger partial charge on any atom is -0.508 e. The van der Waals surface area contributed by atoms with Gasteiger partial charge in [-0.05, 0) is 84.0 Å². The molecule has 1 aliphatic heterocycles. The number of hydrogen-bond acceptors (Lipinski definition) is 5. The van der Waals surface area contributed by atoms with Crippen LogP contribution in [0.15, 0.2) is 84.9 Å². The number of benzene rings is 4. The van der Waals surface area contributed by atoms with E-state index in [2.05, 4.69) is 5.43 Å². The van der Waals surface area contributed by atoms with Crippen molar-refractivity contribution in [3.8, 4) is 34.1 Å². The predicted molar refractivity (Wildman–Crippen MR) is 142 cm³/mol. The van der Waals surface area contributed by atoms with Crippen LogP contribution in [-0.2, 0) is 4.79 Å². The lowest BCUT2D eigenvalue weighted by Crippen LogP contribution is -2.44. The third-order valence-corrected chi connectivity index (χ3v) is 6.26. The molecule has 0 radical (unpaired) electrons. The van der Waals surface area contributed by atoms with Crippen LogP contribution in [0.3, 0.4) is 0 Å². The standard InChI is InChI=1S/C30H28N2O4/c33-24-6-4-5-22(19-24)27-14-10-23-20-25(34)11-15-28(23)30(27)36-26-12-7-21(8-13-26)9-16-29(35)31-32-17-2-1-3-18-32/h4-16,19-20,33-34H,1-3,17-18H2,(H,31,35). The number of aromatic hydroxyl groups is 2. The fourth-order valence-corrected chi connectivity index (χ4v) is 4.43. The fraction of sp³-hybridized carbons (Fsp3) is 0.167. The first kappa shape index (κ1) is 23.5. The topological polar surface area (TPSA) is 82.0 Å². The van der Waals surface area contributed by atoms with Crippen molar-refractivity contribution < 1.29 is 19.7 Å². The lowest BCUT2D eigenvalue weighted by atomic mass is 9.99. The second kappa shape index (κ2) is 10.5. The monoisotopic (exact) mass is 480 g/mol. The molecular formula is C30H28N2O4. The summed E-state index contributed by atoms with van der Waals surface area (Å²) in [6.07, 6.45) is 6.75. The lowest BCUT2D eigenvalue weighted by Gasteiger charge is -2.26. The zero-order valence-corrected chi connectivity index (χ0v) is 19.9. The Morgan fingerprint density at radius 3 is 2.42 bits per heavy atom. The van der Waals surface area contributed by atoms with Gasteiger partial charge in [0.15, 0.2) is 0 Å². The quantitative estimate of drug-likeness (QED) is 0.285. The first-order valence-corrected chi connectivity index (χ1v) is 12.1. The molecule has 4 aromatic rings. The summed E-state index contributed by atoms with van der Waals surface area (Å²) in [6.45, 7) is 1.79. The van der Waals surface area contributed by atoms with Gasteiger partial charge in [-0.3, -0.25) is 10.2 Å². The van der Waals surface area contributed by atoms with Gasteiger partial charge >= 0.3 is 0 Å². The highest BCUT2D eigenvalue weighted by Gasteiger charge is 2.14. The van der Waals surface area contributed by atoms with Crippen LogP contribution < -0.4 is 10.2 Å². The van der Waals surface area contributed by atoms with E-state index in [0.29, 0.717) is 11.5 Å². The van der Waals surface area contributed by atoms with E-state index in [4.69, 9.17) is 4.74 Å². The third kappa shape index (κ3) is 5.50. The summed E-state index contributed by atoms with van der Waals surface area (Å²) in [7, 11) is 0. The van der Waals surface area contributed by atoms with Crippen LogP contribution >= 0.6 is 0 Å². The van der Waals surface area contributed by atoms with E-state index < -0.39 is 0 Å². The Morgan fingerprint density at radius 1 is 0.861 bits per heavy atom. The smallest absolute Gasteiger partial charge is 0.258 e. The summed E-state index contributed by atoms with van der Waals surface area (Å²) < 4.78 is 6.36. The number of carbonyl (C=O) groups excluding carboxylic acids is 1. The maximum absolute atomic E-state index is 12.2. The number of phenols is 2. The van der Waals surface area contributed by atoms with Crippen molar-refractivity contribution in [3.05, 3.63) is 90.5 Å². The van der Waals surface area contributed by atoms with Crippen molar-refractivity contribution in [2.75, 3.05) is 13.1 Å². The molecule has 0 bridgehead atoms. The molecule has 4 aromatic carbocycles. The number of nitrogens with zero attached hydrogens (tertiary/aromatic N) is 1. The Kier molecular flexibility index (Phi) is 6.87. The normalized spacial score (nSPS) is 14.2. The predicted octanol–water partition coefficient (Wildman–Crippen LogP) is 6.24. The van der Waals surface area contributed by atoms with Crippen molar-refractivity contribution in [2.24, 2.45) is 0 Å². The Labute approximate surface area is 210 Å². The summed E-state index contributed by atoms with van der Waals surface area (Å²) in [4.78, 5) is 12.2. The van der Waals surface area contributed by atoms with Gasteiger partial charge in [-0.2, -0.15) is 0 Å². The molecule has 0 saturated carbocycles. The van der Waals surface area contributed by atoms with Crippen molar-refractivity contribution in [3.63, 3.8) is 0 Å². The number of carbonyl (C=O) groups is 1. The molecule has 1 aliphatic rings. The van der Waals surface area contributed by atoms with Gasteiger partial charge in [0.1, 0.15) is 23.0 Å². The lowest BCUT2D eigenvalue weighted by molar-refractivity contribution is -0.121. The number of fused-ring (bicyclic) bond motifs is 1. The van der Waals surface area contributed by atoms with E-state index in [1.807, 2.05) is 53.5 Å². The van der Waals surface area contributed by atoms with Crippen LogP contribution in [0, 0.1) is 0 Å². The molecule has 0 aromatic heterocycles. The van der Waals surface area contributed by atoms with Crippen LogP contribution in [0.2, 0.25) is 0 Å². The average molecular weight is 481 g/mol. The largest absolute Gasteiger partial charge is 0.508 e. The van der Waals surface area contributed by atoms with Crippen molar-refractivity contribution in [2.45, 2.75) is 19.3 Å². The number of hydrogen-bond donors (Lipinski definition) is 3. The van der Waals surface area contributed by atoms with Crippen LogP contribution in [0.25, 0.3) is 28.0 Å². The van der Waals surface area contributed by atoms with E-state index in [-0.39, 0.29) is 17.4 Å². The molecule has 5 rings (SSSR count). The van der Waals surface area contributed by atoms with Gasteiger partial charge in [0.2, 0.25) is 0 Å². The van der Waals surface area contributed by atoms with E-state index in [9.17, 15) is 15.0 Å². The second-order valence-electron chi connectivity index (χ2n) is 8.93. The second-order valence-corrected chi connectivity index (χ2v) is 8.93. The average Bonchev–Trinajstić information content (AvgIpc) is 2.89. The summed E-state index contributed by atoms with van der Waals surface area (Å²) in [5.74, 6) is 1.48. The zero-order chi connectivity index (χ0) is 24.9. The number of amides is 1. The molecule has 0 spiro atoms. The molecule has 182 valence electrons. The van der Waals surface area contributed by atoms with Crippen molar-refractivity contribution >= 4 is 22.8 Å². The number of hydrazine groups is 1. The molecule has 3 N–H and O–H groups in total. The molecule has 0 unspecified atom stereocenters. The maximum Gasteiger partial charge on any atom is 0.258 e. The SMILES string of the molecule is O=C(C=Cc1ccc(Oc2c(-c3cccc(O)c3)ccc3cc(O)ccc23)cc1)NN1CCCCC1. The molecule has 1 amide bonds. The van der Waals surface area contributed by atoms with Crippen LogP contribution in [0.5, 0.6) is 23.0 Å². The molecule has 0 atom stereocenters. The highest BCUT2D eigenvalue weighted by Crippen LogP contribution is 2.41. The number of phenolic OH excluding ortho intramolecular Hbond substituents is 2. The van der Waals surface area contributed by atoms with E-state index in [1.54, 1.807) is 42.5 Å². The molecule has 1 heterocycles. The molecule has 6 nitrogen and oxygen atoms in total. The van der Waals surface area contributed by atoms with E-state index in [1.165, 1.54) is 6.42 Å². The van der Waals surface area contributed by atoms with Crippen LogP contribution in [-0.4, -0.2) is 34.2 Å². The van der Waals surface area contributed by atoms with Gasteiger partial charge in [-0.1, -0.05) is 36.8 Å².